The minimum Gasteiger partial charge on any atom is -0.0649 e. The molecular formula is C83H176. The molecular weight excluding hydrogens is 997 g/mol. The van der Waals surface area contributed by atoms with Gasteiger partial charge in [-0.15, -0.1) is 0 Å². The molecule has 0 aliphatic heterocycles. The first-order valence-corrected chi connectivity index (χ1v) is 37.4. The predicted molar refractivity (Wildman–Crippen MR) is 392 cm³/mol. The topological polar surface area (TPSA) is 0 Å². The van der Waals surface area contributed by atoms with E-state index in [1.165, 1.54) is 167 Å². The van der Waals surface area contributed by atoms with Gasteiger partial charge in [-0.3, -0.25) is 0 Å². The molecule has 5 aliphatic rings. The fourth-order valence-electron chi connectivity index (χ4n) is 11.1. The molecule has 0 bridgehead atoms. The van der Waals surface area contributed by atoms with E-state index in [1.807, 2.05) is 0 Å². The highest BCUT2D eigenvalue weighted by Gasteiger charge is 2.31. The van der Waals surface area contributed by atoms with Crippen molar-refractivity contribution in [3.8, 4) is 0 Å². The smallest absolute Gasteiger partial charge is 0.0345 e. The third-order valence-corrected chi connectivity index (χ3v) is 22.0. The van der Waals surface area contributed by atoms with Gasteiger partial charge in [-0.2, -0.15) is 0 Å². The third kappa shape index (κ3) is 58.1. The van der Waals surface area contributed by atoms with E-state index in [-0.39, 0.29) is 0 Å². The molecule has 0 radical (unpaired) electrons. The zero-order chi connectivity index (χ0) is 66.4. The molecule has 0 N–H and O–H groups in total. The maximum Gasteiger partial charge on any atom is -0.0345 e. The molecule has 0 spiro atoms. The maximum atomic E-state index is 2.55. The molecule has 2 atom stereocenters. The SMILES string of the molecule is CC(C(C)(C)C)C(C)(C)C.CC(C)(C)C.CC(C)(C)C1CCCCC1.CC(C)C(C)(C)C.CC(C)C(C)C(C)C.CC(C1CCCCC1)C1CCCCC1.CC1CCCC(C)C1C.CC1CCCCC1.CCC(C)(C)C.CCC(C)(C)CC. The minimum atomic E-state index is 0.443. The molecule has 0 aromatic carbocycles. The lowest BCUT2D eigenvalue weighted by atomic mass is 9.68. The van der Waals surface area contributed by atoms with Gasteiger partial charge in [0.2, 0.25) is 0 Å². The van der Waals surface area contributed by atoms with Crippen LogP contribution in [-0.2, 0) is 0 Å². The van der Waals surface area contributed by atoms with E-state index in [0.29, 0.717) is 37.9 Å². The van der Waals surface area contributed by atoms with Crippen LogP contribution in [0.4, 0.5) is 0 Å². The van der Waals surface area contributed by atoms with Crippen molar-refractivity contribution in [2.24, 2.45) is 115 Å². The second-order valence-corrected chi connectivity index (χ2v) is 38.0. The van der Waals surface area contributed by atoms with Crippen LogP contribution in [0.5, 0.6) is 0 Å². The predicted octanol–water partition coefficient (Wildman–Crippen LogP) is 30.7. The molecule has 2 unspecified atom stereocenters. The van der Waals surface area contributed by atoms with Crippen molar-refractivity contribution in [1.29, 1.82) is 0 Å². The summed E-state index contributed by atoms with van der Waals surface area (Å²) in [5.74, 6) is 12.3. The molecule has 0 amide bonds. The summed E-state index contributed by atoms with van der Waals surface area (Å²) in [5.41, 5.74) is 3.58. The molecule has 5 aliphatic carbocycles. The average Bonchev–Trinajstić information content (AvgIpc) is 3.38. The van der Waals surface area contributed by atoms with Gasteiger partial charge in [-0.05, 0) is 128 Å². The molecule has 0 heteroatoms. The summed E-state index contributed by atoms with van der Waals surface area (Å²) in [6, 6.07) is 0. The quantitative estimate of drug-likeness (QED) is 0.249. The summed E-state index contributed by atoms with van der Waals surface area (Å²) < 4.78 is 0. The van der Waals surface area contributed by atoms with E-state index in [9.17, 15) is 0 Å². The first-order chi connectivity index (χ1) is 37.4. The van der Waals surface area contributed by atoms with Gasteiger partial charge in [-0.25, -0.2) is 0 Å². The van der Waals surface area contributed by atoms with Crippen molar-refractivity contribution in [2.45, 2.75) is 423 Å². The van der Waals surface area contributed by atoms with Gasteiger partial charge >= 0.3 is 0 Å². The Kier molecular flexibility index (Phi) is 51.9. The molecule has 5 rings (SSSR count). The zero-order valence-corrected chi connectivity index (χ0v) is 66.4. The molecule has 0 aromatic heterocycles. The van der Waals surface area contributed by atoms with E-state index in [4.69, 9.17) is 0 Å². The van der Waals surface area contributed by atoms with Gasteiger partial charge < -0.3 is 0 Å². The summed E-state index contributed by atoms with van der Waals surface area (Å²) >= 11 is 0. The van der Waals surface area contributed by atoms with Crippen LogP contribution in [0.1, 0.15) is 423 Å². The van der Waals surface area contributed by atoms with Crippen LogP contribution in [0.2, 0.25) is 0 Å². The zero-order valence-electron chi connectivity index (χ0n) is 66.4. The molecule has 5 fully saturated rings. The summed E-state index contributed by atoms with van der Waals surface area (Å²) in [6.45, 7) is 84.9. The Morgan fingerprint density at radius 3 is 0.735 bits per heavy atom. The Labute approximate surface area is 535 Å². The Balaban J connectivity index is -0.000000275. The van der Waals surface area contributed by atoms with Crippen molar-refractivity contribution in [3.63, 3.8) is 0 Å². The molecule has 0 nitrogen and oxygen atoms in total. The van der Waals surface area contributed by atoms with Crippen molar-refractivity contribution in [3.05, 3.63) is 0 Å². The minimum absolute atomic E-state index is 0.443. The van der Waals surface area contributed by atoms with E-state index in [2.05, 4.69) is 256 Å². The molecule has 0 saturated heterocycles. The second-order valence-electron chi connectivity index (χ2n) is 38.0. The Morgan fingerprint density at radius 1 is 0.337 bits per heavy atom. The monoisotopic (exact) mass is 1170 g/mol. The number of rotatable bonds is 6. The fourth-order valence-corrected chi connectivity index (χ4v) is 11.1. The third-order valence-electron chi connectivity index (χ3n) is 22.0. The Morgan fingerprint density at radius 2 is 0.602 bits per heavy atom. The Bertz CT molecular complexity index is 1290. The van der Waals surface area contributed by atoms with Gasteiger partial charge in [0.15, 0.2) is 0 Å². The van der Waals surface area contributed by atoms with E-state index < -0.39 is 0 Å². The largest absolute Gasteiger partial charge is 0.0649 e. The molecule has 0 aromatic rings. The number of hydrogen-bond donors (Lipinski definition) is 0. The highest BCUT2D eigenvalue weighted by atomic mass is 14.4. The van der Waals surface area contributed by atoms with E-state index in [0.717, 1.165) is 76.9 Å². The highest BCUT2D eigenvalue weighted by molar-refractivity contribution is 4.81. The van der Waals surface area contributed by atoms with Crippen molar-refractivity contribution in [2.75, 3.05) is 0 Å². The maximum absolute atomic E-state index is 2.55. The normalized spacial score (nSPS) is 20.9. The summed E-state index contributed by atoms with van der Waals surface area (Å²) in [4.78, 5) is 0. The summed E-state index contributed by atoms with van der Waals surface area (Å²) in [5, 5.41) is 0. The van der Waals surface area contributed by atoms with Crippen molar-refractivity contribution >= 4 is 0 Å². The first-order valence-electron chi connectivity index (χ1n) is 37.4. The standard InChI is InChI=1S/C14H26.C10H20.C10H22.C9H18.C8H18.C7H14.2C7H16.C6H14.C5H12/c1-12(13-8-4-2-5-9-13)14-10-6-3-7-11-14;1-10(2,3)9-7-5-4-6-8-9;1-8(9(2,3)4)10(5,6)7;1-7-5-4-6-8(2)9(7)3;1-6(2)8(5)7(3)4;1-7-5-3-2-4-6-7;1-6(2)7(3,4)5;1-5-7(3,4)6-2;1-5-6(2,3)4;1-5(2,3)4/h12-14H,2-11H2,1H3;9H,4-8H2,1-3H3;8H,1-7H3;7-9H,4-6H2,1-3H3;6-8H,1-5H3;7H,2-6H2,1H3;6H,1-5H3;5-6H2,1-4H3;5H2,1-4H3;1-4H3. The fraction of sp³-hybridized carbons (Fsp3) is 1.00. The van der Waals surface area contributed by atoms with Gasteiger partial charge in [0.25, 0.3) is 0 Å². The van der Waals surface area contributed by atoms with Crippen molar-refractivity contribution in [1.82, 2.24) is 0 Å². The Hall–Kier alpha value is 0. The summed E-state index contributed by atoms with van der Waals surface area (Å²) in [6.07, 6.45) is 38.3. The molecule has 508 valence electrons. The van der Waals surface area contributed by atoms with Crippen LogP contribution in [0.15, 0.2) is 0 Å². The van der Waals surface area contributed by atoms with Crippen LogP contribution < -0.4 is 0 Å². The lowest BCUT2D eigenvalue weighted by Crippen LogP contribution is -2.29. The van der Waals surface area contributed by atoms with Crippen LogP contribution in [0.25, 0.3) is 0 Å². The van der Waals surface area contributed by atoms with Gasteiger partial charge in [0, 0.05) is 0 Å². The number of hydrogen-bond acceptors (Lipinski definition) is 0. The molecule has 0 heterocycles. The van der Waals surface area contributed by atoms with E-state index in [1.54, 1.807) is 0 Å². The van der Waals surface area contributed by atoms with Crippen LogP contribution in [-0.4, -0.2) is 0 Å². The van der Waals surface area contributed by atoms with Crippen LogP contribution >= 0.6 is 0 Å². The van der Waals surface area contributed by atoms with Crippen molar-refractivity contribution < 1.29 is 0 Å². The summed E-state index contributed by atoms with van der Waals surface area (Å²) in [7, 11) is 0. The highest BCUT2D eigenvalue weighted by Crippen LogP contribution is 2.41. The average molecular weight is 1170 g/mol. The van der Waals surface area contributed by atoms with Gasteiger partial charge in [0.05, 0.1) is 0 Å². The lowest BCUT2D eigenvalue weighted by molar-refractivity contribution is 0.121. The van der Waals surface area contributed by atoms with Gasteiger partial charge in [-0.1, -0.05) is 410 Å². The van der Waals surface area contributed by atoms with Crippen LogP contribution in [0.3, 0.4) is 0 Å². The van der Waals surface area contributed by atoms with Gasteiger partial charge in [0.1, 0.15) is 0 Å². The lowest BCUT2D eigenvalue weighted by Gasteiger charge is -2.38. The molecule has 5 saturated carbocycles. The molecule has 83 heavy (non-hydrogen) atoms. The van der Waals surface area contributed by atoms with E-state index >= 15 is 0 Å². The first kappa shape index (κ1) is 91.7. The van der Waals surface area contributed by atoms with Crippen LogP contribution in [0, 0.1) is 115 Å². The second kappa shape index (κ2) is 47.0.